The van der Waals surface area contributed by atoms with Gasteiger partial charge in [0, 0.05) is 0 Å². The Kier molecular flexibility index (Phi) is 3.02. The predicted octanol–water partition coefficient (Wildman–Crippen LogP) is 6.88. The Bertz CT molecular complexity index is 954. The Labute approximate surface area is 145 Å². The lowest BCUT2D eigenvalue weighted by Gasteiger charge is -2.57. The topological polar surface area (TPSA) is 0 Å². The van der Waals surface area contributed by atoms with E-state index in [-0.39, 0.29) is 16.2 Å². The first-order valence-electron chi connectivity index (χ1n) is 9.11. The van der Waals surface area contributed by atoms with Crippen LogP contribution in [0.5, 0.6) is 0 Å². The first-order chi connectivity index (χ1) is 11.2. The average molecular weight is 316 g/mol. The number of hydrogen-bond acceptors (Lipinski definition) is 0. The van der Waals surface area contributed by atoms with Gasteiger partial charge < -0.3 is 0 Å². The van der Waals surface area contributed by atoms with Crippen molar-refractivity contribution in [2.24, 2.45) is 10.8 Å². The van der Waals surface area contributed by atoms with Gasteiger partial charge in [0.25, 0.3) is 0 Å². The second-order valence-electron chi connectivity index (χ2n) is 9.28. The van der Waals surface area contributed by atoms with Crippen LogP contribution in [0.4, 0.5) is 0 Å². The van der Waals surface area contributed by atoms with Gasteiger partial charge in [-0.05, 0) is 55.3 Å². The molecule has 1 aliphatic carbocycles. The van der Waals surface area contributed by atoms with E-state index in [0.717, 1.165) is 6.42 Å². The molecule has 0 N–H and O–H groups in total. The normalized spacial score (nSPS) is 20.9. The Balaban J connectivity index is 2.11. The van der Waals surface area contributed by atoms with Crippen molar-refractivity contribution in [3.8, 4) is 0 Å². The van der Waals surface area contributed by atoms with Crippen LogP contribution < -0.4 is 0 Å². The van der Waals surface area contributed by atoms with Gasteiger partial charge in [0.15, 0.2) is 0 Å². The van der Waals surface area contributed by atoms with Crippen molar-refractivity contribution < 1.29 is 0 Å². The molecule has 1 aliphatic rings. The van der Waals surface area contributed by atoms with E-state index in [2.05, 4.69) is 90.1 Å². The number of hydrogen-bond donors (Lipinski definition) is 0. The molecule has 0 nitrogen and oxygen atoms in total. The molecule has 0 aromatic heterocycles. The maximum absolute atomic E-state index is 2.44. The molecule has 0 heterocycles. The zero-order chi connectivity index (χ0) is 17.3. The SMILES string of the molecule is CC1(C)Cc2c(ccc3c2ccc2ccccc23)C(C)(C)C1(C)C. The van der Waals surface area contributed by atoms with Crippen LogP contribution in [0.2, 0.25) is 0 Å². The van der Waals surface area contributed by atoms with Gasteiger partial charge in [-0.1, -0.05) is 90.1 Å². The van der Waals surface area contributed by atoms with Gasteiger partial charge in [0.1, 0.15) is 0 Å². The standard InChI is InChI=1S/C24H28/c1-22(2)15-20-19-12-11-16-9-7-8-10-17(16)18(19)13-14-21(20)23(3,4)24(22,5)6/h7-14H,15H2,1-6H3. The third kappa shape index (κ3) is 1.80. The Morgan fingerprint density at radius 2 is 1.33 bits per heavy atom. The van der Waals surface area contributed by atoms with Gasteiger partial charge in [-0.2, -0.15) is 0 Å². The molecule has 3 aromatic rings. The molecule has 0 amide bonds. The van der Waals surface area contributed by atoms with Crippen LogP contribution in [0.3, 0.4) is 0 Å². The molecule has 24 heavy (non-hydrogen) atoms. The molecule has 0 spiro atoms. The molecule has 124 valence electrons. The minimum absolute atomic E-state index is 0.157. The predicted molar refractivity (Wildman–Crippen MR) is 106 cm³/mol. The average Bonchev–Trinajstić information content (AvgIpc) is 2.53. The van der Waals surface area contributed by atoms with Gasteiger partial charge in [-0.3, -0.25) is 0 Å². The summed E-state index contributed by atoms with van der Waals surface area (Å²) < 4.78 is 0. The van der Waals surface area contributed by atoms with E-state index in [0.29, 0.717) is 0 Å². The molecule has 0 saturated heterocycles. The third-order valence-electron chi connectivity index (χ3n) is 7.58. The van der Waals surface area contributed by atoms with Crippen molar-refractivity contribution in [2.45, 2.75) is 53.4 Å². The Morgan fingerprint density at radius 1 is 0.667 bits per heavy atom. The van der Waals surface area contributed by atoms with Crippen molar-refractivity contribution >= 4 is 21.5 Å². The van der Waals surface area contributed by atoms with Gasteiger partial charge in [-0.25, -0.2) is 0 Å². The van der Waals surface area contributed by atoms with E-state index in [9.17, 15) is 0 Å². The Morgan fingerprint density at radius 3 is 2.08 bits per heavy atom. The minimum Gasteiger partial charge on any atom is -0.0616 e. The summed E-state index contributed by atoms with van der Waals surface area (Å²) in [5.41, 5.74) is 3.77. The lowest BCUT2D eigenvalue weighted by atomic mass is 9.47. The fourth-order valence-corrected chi connectivity index (χ4v) is 4.77. The number of rotatable bonds is 0. The zero-order valence-electron chi connectivity index (χ0n) is 15.8. The van der Waals surface area contributed by atoms with Crippen LogP contribution >= 0.6 is 0 Å². The molecule has 3 aromatic carbocycles. The van der Waals surface area contributed by atoms with E-state index in [4.69, 9.17) is 0 Å². The van der Waals surface area contributed by atoms with Crippen molar-refractivity contribution in [3.63, 3.8) is 0 Å². The summed E-state index contributed by atoms with van der Waals surface area (Å²) in [5.74, 6) is 0. The van der Waals surface area contributed by atoms with Crippen LogP contribution in [0.1, 0.15) is 52.7 Å². The molecule has 0 radical (unpaired) electrons. The van der Waals surface area contributed by atoms with E-state index in [1.807, 2.05) is 0 Å². The minimum atomic E-state index is 0.157. The highest BCUT2D eigenvalue weighted by molar-refractivity contribution is 6.08. The van der Waals surface area contributed by atoms with Gasteiger partial charge >= 0.3 is 0 Å². The maximum Gasteiger partial charge on any atom is -0.00443 e. The van der Waals surface area contributed by atoms with Crippen molar-refractivity contribution in [2.75, 3.05) is 0 Å². The molecule has 0 aliphatic heterocycles. The third-order valence-corrected chi connectivity index (χ3v) is 7.58. The molecule has 0 bridgehead atoms. The quantitative estimate of drug-likeness (QED) is 0.397. The second kappa shape index (κ2) is 4.63. The lowest BCUT2D eigenvalue weighted by Crippen LogP contribution is -2.52. The highest BCUT2D eigenvalue weighted by Crippen LogP contribution is 2.59. The molecule has 0 fully saturated rings. The van der Waals surface area contributed by atoms with E-state index in [1.165, 1.54) is 27.1 Å². The van der Waals surface area contributed by atoms with E-state index < -0.39 is 0 Å². The van der Waals surface area contributed by atoms with Crippen LogP contribution in [0.25, 0.3) is 21.5 Å². The summed E-state index contributed by atoms with van der Waals surface area (Å²) in [7, 11) is 0. The van der Waals surface area contributed by atoms with Crippen LogP contribution in [-0.2, 0) is 11.8 Å². The summed E-state index contributed by atoms with van der Waals surface area (Å²) >= 11 is 0. The summed E-state index contributed by atoms with van der Waals surface area (Å²) in [6.07, 6.45) is 1.15. The van der Waals surface area contributed by atoms with Crippen molar-refractivity contribution in [3.05, 3.63) is 59.7 Å². The monoisotopic (exact) mass is 316 g/mol. The molecular formula is C24H28. The molecule has 0 atom stereocenters. The zero-order valence-corrected chi connectivity index (χ0v) is 15.8. The number of benzene rings is 3. The molecule has 0 unspecified atom stereocenters. The first kappa shape index (κ1) is 15.7. The van der Waals surface area contributed by atoms with Crippen molar-refractivity contribution in [1.82, 2.24) is 0 Å². The van der Waals surface area contributed by atoms with Crippen molar-refractivity contribution in [1.29, 1.82) is 0 Å². The highest BCUT2D eigenvalue weighted by Gasteiger charge is 2.52. The summed E-state index contributed by atoms with van der Waals surface area (Å²) in [6.45, 7) is 14.6. The maximum atomic E-state index is 2.44. The first-order valence-corrected chi connectivity index (χ1v) is 9.11. The van der Waals surface area contributed by atoms with Gasteiger partial charge in [0.2, 0.25) is 0 Å². The Hall–Kier alpha value is -1.82. The molecule has 0 heteroatoms. The van der Waals surface area contributed by atoms with Crippen LogP contribution in [0, 0.1) is 10.8 Å². The molecule has 4 rings (SSSR count). The second-order valence-corrected chi connectivity index (χ2v) is 9.28. The fourth-order valence-electron chi connectivity index (χ4n) is 4.77. The van der Waals surface area contributed by atoms with Gasteiger partial charge in [0.05, 0.1) is 0 Å². The smallest absolute Gasteiger partial charge is 0.00443 e. The largest absolute Gasteiger partial charge is 0.0616 e. The van der Waals surface area contributed by atoms with Gasteiger partial charge in [-0.15, -0.1) is 0 Å². The number of fused-ring (bicyclic) bond motifs is 5. The summed E-state index contributed by atoms with van der Waals surface area (Å²) in [4.78, 5) is 0. The van der Waals surface area contributed by atoms with E-state index >= 15 is 0 Å². The fraction of sp³-hybridized carbons (Fsp3) is 0.417. The van der Waals surface area contributed by atoms with Crippen LogP contribution in [0.15, 0.2) is 48.5 Å². The lowest BCUT2D eigenvalue weighted by molar-refractivity contribution is 0.0160. The molecular weight excluding hydrogens is 288 g/mol. The van der Waals surface area contributed by atoms with Crippen LogP contribution in [-0.4, -0.2) is 0 Å². The highest BCUT2D eigenvalue weighted by atomic mass is 14.6. The summed E-state index contributed by atoms with van der Waals surface area (Å²) in [6, 6.07) is 18.1. The summed E-state index contributed by atoms with van der Waals surface area (Å²) in [5, 5.41) is 5.55. The molecule has 0 saturated carbocycles. The van der Waals surface area contributed by atoms with E-state index in [1.54, 1.807) is 5.56 Å².